The molecule has 0 aliphatic heterocycles. The molecule has 4 aromatic rings. The second kappa shape index (κ2) is 5.32. The predicted octanol–water partition coefficient (Wildman–Crippen LogP) is 4.53. The summed E-state index contributed by atoms with van der Waals surface area (Å²) in [5, 5.41) is 2.16. The van der Waals surface area contributed by atoms with E-state index in [1.54, 1.807) is 13.3 Å². The highest BCUT2D eigenvalue weighted by atomic mass is 16.5. The Bertz CT molecular complexity index is 1000. The van der Waals surface area contributed by atoms with Crippen molar-refractivity contribution < 1.29 is 9.47 Å². The lowest BCUT2D eigenvalue weighted by atomic mass is 10.2. The maximum Gasteiger partial charge on any atom is 0.144 e. The Morgan fingerprint density at radius 3 is 2.65 bits per heavy atom. The van der Waals surface area contributed by atoms with Crippen LogP contribution in [0.25, 0.3) is 21.9 Å². The molecule has 2 aromatic carbocycles. The van der Waals surface area contributed by atoms with E-state index in [1.807, 2.05) is 49.5 Å². The molecule has 2 heterocycles. The highest BCUT2D eigenvalue weighted by Crippen LogP contribution is 2.36. The van der Waals surface area contributed by atoms with Gasteiger partial charge >= 0.3 is 0 Å². The number of fused-ring (bicyclic) bond motifs is 3. The Balaban J connectivity index is 1.91. The van der Waals surface area contributed by atoms with Gasteiger partial charge in [0.2, 0.25) is 0 Å². The average molecular weight is 304 g/mol. The molecule has 0 spiro atoms. The van der Waals surface area contributed by atoms with Gasteiger partial charge in [0.1, 0.15) is 22.9 Å². The normalized spacial score (nSPS) is 11.0. The molecule has 0 aliphatic rings. The van der Waals surface area contributed by atoms with Gasteiger partial charge in [-0.1, -0.05) is 24.3 Å². The number of methoxy groups -OCH3 is 1. The third-order valence-corrected chi connectivity index (χ3v) is 4.01. The maximum absolute atomic E-state index is 6.12. The number of ether oxygens (including phenoxy) is 2. The summed E-state index contributed by atoms with van der Waals surface area (Å²) in [6.07, 6.45) is 1.77. The zero-order valence-electron chi connectivity index (χ0n) is 13.0. The largest absolute Gasteiger partial charge is 0.497 e. The molecule has 2 aromatic heterocycles. The second-order valence-corrected chi connectivity index (χ2v) is 5.36. The fraction of sp³-hybridized carbons (Fsp3) is 0.105. The molecule has 0 amide bonds. The Labute approximate surface area is 133 Å². The molecular weight excluding hydrogens is 288 g/mol. The molecule has 4 rings (SSSR count). The summed E-state index contributed by atoms with van der Waals surface area (Å²) in [7, 11) is 3.67. The topological polar surface area (TPSA) is 36.3 Å². The van der Waals surface area contributed by atoms with Gasteiger partial charge in [-0.05, 0) is 24.3 Å². The number of nitrogens with zero attached hydrogens (tertiary/aromatic N) is 2. The molecular formula is C19H16N2O2. The average Bonchev–Trinajstić information content (AvgIpc) is 2.89. The van der Waals surface area contributed by atoms with Gasteiger partial charge in [-0.25, -0.2) is 4.98 Å². The van der Waals surface area contributed by atoms with Gasteiger partial charge in [0, 0.05) is 24.7 Å². The van der Waals surface area contributed by atoms with Crippen molar-refractivity contribution in [1.82, 2.24) is 9.55 Å². The molecule has 0 aliphatic carbocycles. The number of para-hydroxylation sites is 1. The van der Waals surface area contributed by atoms with Crippen molar-refractivity contribution in [1.29, 1.82) is 0 Å². The molecule has 114 valence electrons. The van der Waals surface area contributed by atoms with Crippen molar-refractivity contribution in [3.63, 3.8) is 0 Å². The molecule has 0 radical (unpaired) electrons. The molecule has 0 N–H and O–H groups in total. The highest BCUT2D eigenvalue weighted by Gasteiger charge is 2.14. The lowest BCUT2D eigenvalue weighted by Gasteiger charge is -2.08. The molecule has 0 saturated heterocycles. The van der Waals surface area contributed by atoms with Crippen LogP contribution in [-0.2, 0) is 7.05 Å². The van der Waals surface area contributed by atoms with E-state index < -0.39 is 0 Å². The lowest BCUT2D eigenvalue weighted by Crippen LogP contribution is -1.91. The first-order valence-electron chi connectivity index (χ1n) is 7.42. The molecule has 0 saturated carbocycles. The van der Waals surface area contributed by atoms with Crippen LogP contribution in [-0.4, -0.2) is 16.7 Å². The van der Waals surface area contributed by atoms with E-state index in [4.69, 9.17) is 9.47 Å². The molecule has 0 unspecified atom stereocenters. The van der Waals surface area contributed by atoms with Gasteiger partial charge in [-0.2, -0.15) is 0 Å². The quantitative estimate of drug-likeness (QED) is 0.558. The summed E-state index contributed by atoms with van der Waals surface area (Å²) >= 11 is 0. The van der Waals surface area contributed by atoms with Gasteiger partial charge in [0.05, 0.1) is 18.0 Å². The number of pyridine rings is 1. The van der Waals surface area contributed by atoms with Crippen molar-refractivity contribution >= 4 is 21.9 Å². The smallest absolute Gasteiger partial charge is 0.144 e. The van der Waals surface area contributed by atoms with Crippen molar-refractivity contribution in [2.75, 3.05) is 7.11 Å². The van der Waals surface area contributed by atoms with Crippen LogP contribution in [0.1, 0.15) is 0 Å². The zero-order chi connectivity index (χ0) is 15.8. The molecule has 0 atom stereocenters. The van der Waals surface area contributed by atoms with Gasteiger partial charge < -0.3 is 14.0 Å². The van der Waals surface area contributed by atoms with Crippen LogP contribution in [0.5, 0.6) is 17.2 Å². The highest BCUT2D eigenvalue weighted by molar-refractivity contribution is 6.09. The number of benzene rings is 2. The fourth-order valence-corrected chi connectivity index (χ4v) is 2.91. The number of aromatic nitrogens is 2. The summed E-state index contributed by atoms with van der Waals surface area (Å²) in [4.78, 5) is 4.51. The lowest BCUT2D eigenvalue weighted by molar-refractivity contribution is 0.409. The van der Waals surface area contributed by atoms with Gasteiger partial charge in [0.25, 0.3) is 0 Å². The van der Waals surface area contributed by atoms with E-state index in [0.29, 0.717) is 0 Å². The minimum absolute atomic E-state index is 0.741. The SMILES string of the molecule is COc1cccc(Oc2ccnc3c2c2ccccc2n3C)c1. The zero-order valence-corrected chi connectivity index (χ0v) is 13.0. The molecule has 0 bridgehead atoms. The predicted molar refractivity (Wildman–Crippen MR) is 91.3 cm³/mol. The van der Waals surface area contributed by atoms with E-state index in [-0.39, 0.29) is 0 Å². The Morgan fingerprint density at radius 1 is 0.957 bits per heavy atom. The van der Waals surface area contributed by atoms with Crippen LogP contribution in [0.2, 0.25) is 0 Å². The number of rotatable bonds is 3. The maximum atomic E-state index is 6.12. The second-order valence-electron chi connectivity index (χ2n) is 5.36. The van der Waals surface area contributed by atoms with Crippen LogP contribution >= 0.6 is 0 Å². The summed E-state index contributed by atoms with van der Waals surface area (Å²) in [5.74, 6) is 2.30. The first kappa shape index (κ1) is 13.6. The van der Waals surface area contributed by atoms with E-state index in [0.717, 1.165) is 39.2 Å². The third kappa shape index (κ3) is 2.19. The van der Waals surface area contributed by atoms with Crippen LogP contribution in [0.3, 0.4) is 0 Å². The number of hydrogen-bond acceptors (Lipinski definition) is 3. The minimum atomic E-state index is 0.741. The first-order chi connectivity index (χ1) is 11.3. The fourth-order valence-electron chi connectivity index (χ4n) is 2.91. The summed E-state index contributed by atoms with van der Waals surface area (Å²) in [6, 6.07) is 17.7. The van der Waals surface area contributed by atoms with Gasteiger partial charge in [-0.15, -0.1) is 0 Å². The van der Waals surface area contributed by atoms with Crippen LogP contribution < -0.4 is 9.47 Å². The number of aryl methyl sites for hydroxylation is 1. The first-order valence-corrected chi connectivity index (χ1v) is 7.42. The van der Waals surface area contributed by atoms with E-state index >= 15 is 0 Å². The molecule has 4 nitrogen and oxygen atoms in total. The van der Waals surface area contributed by atoms with E-state index in [2.05, 4.69) is 21.7 Å². The van der Waals surface area contributed by atoms with Crippen LogP contribution in [0.15, 0.2) is 60.8 Å². The van der Waals surface area contributed by atoms with Crippen molar-refractivity contribution in [2.24, 2.45) is 7.05 Å². The van der Waals surface area contributed by atoms with Crippen molar-refractivity contribution in [3.05, 3.63) is 60.8 Å². The van der Waals surface area contributed by atoms with Crippen LogP contribution in [0, 0.1) is 0 Å². The Kier molecular flexibility index (Phi) is 3.15. The summed E-state index contributed by atoms with van der Waals surface area (Å²) in [6.45, 7) is 0. The van der Waals surface area contributed by atoms with Crippen LogP contribution in [0.4, 0.5) is 0 Å². The van der Waals surface area contributed by atoms with Crippen molar-refractivity contribution in [2.45, 2.75) is 0 Å². The Morgan fingerprint density at radius 2 is 1.78 bits per heavy atom. The molecule has 23 heavy (non-hydrogen) atoms. The monoisotopic (exact) mass is 304 g/mol. The minimum Gasteiger partial charge on any atom is -0.497 e. The molecule has 0 fully saturated rings. The van der Waals surface area contributed by atoms with Crippen molar-refractivity contribution in [3.8, 4) is 17.2 Å². The van der Waals surface area contributed by atoms with Gasteiger partial charge in [0.15, 0.2) is 0 Å². The third-order valence-electron chi connectivity index (χ3n) is 4.01. The van der Waals surface area contributed by atoms with E-state index in [1.165, 1.54) is 0 Å². The van der Waals surface area contributed by atoms with Gasteiger partial charge in [-0.3, -0.25) is 0 Å². The molecule has 4 heteroatoms. The van der Waals surface area contributed by atoms with E-state index in [9.17, 15) is 0 Å². The summed E-state index contributed by atoms with van der Waals surface area (Å²) < 4.78 is 13.5. The number of hydrogen-bond donors (Lipinski definition) is 0. The summed E-state index contributed by atoms with van der Waals surface area (Å²) in [5.41, 5.74) is 2.04. The standard InChI is InChI=1S/C19H16N2O2/c1-21-16-9-4-3-8-15(16)18-17(10-11-20-19(18)21)23-14-7-5-6-13(12-14)22-2/h3-12H,1-2H3. The Hall–Kier alpha value is -3.01.